The number of hydrogen-bond donors (Lipinski definition) is 2. The molecule has 0 bridgehead atoms. The van der Waals surface area contributed by atoms with Crippen molar-refractivity contribution in [2.75, 3.05) is 5.32 Å². The van der Waals surface area contributed by atoms with Crippen molar-refractivity contribution in [3.8, 4) is 5.88 Å². The number of benzene rings is 2. The van der Waals surface area contributed by atoms with Crippen LogP contribution in [0.2, 0.25) is 0 Å². The quantitative estimate of drug-likeness (QED) is 0.679. The van der Waals surface area contributed by atoms with E-state index in [0.717, 1.165) is 27.0 Å². The molecule has 146 valence electrons. The summed E-state index contributed by atoms with van der Waals surface area (Å²) in [5.41, 5.74) is 2.69. The summed E-state index contributed by atoms with van der Waals surface area (Å²) in [6, 6.07) is 12.6. The number of para-hydroxylation sites is 1. The van der Waals surface area contributed by atoms with Crippen molar-refractivity contribution in [2.24, 2.45) is 4.99 Å². The highest BCUT2D eigenvalue weighted by Crippen LogP contribution is 2.28. The van der Waals surface area contributed by atoms with Crippen molar-refractivity contribution in [1.82, 2.24) is 4.57 Å². The zero-order chi connectivity index (χ0) is 20.7. The Balaban J connectivity index is 1.68. The van der Waals surface area contributed by atoms with Gasteiger partial charge in [0.1, 0.15) is 11.4 Å². The van der Waals surface area contributed by atoms with Gasteiger partial charge >= 0.3 is 4.87 Å². The molecule has 0 radical (unpaired) electrons. The van der Waals surface area contributed by atoms with Crippen molar-refractivity contribution in [3.05, 3.63) is 78.7 Å². The number of rotatable bonds is 4. The van der Waals surface area contributed by atoms with E-state index < -0.39 is 22.6 Å². The number of fused-ring (bicyclic) bond motifs is 1. The SMILES string of the molecule is Cc1ccc(C)c(NC(=O)Cn2c(O)c(C3=c4ccccc4=NC3=O)sc2=O)c1. The third kappa shape index (κ3) is 3.38. The molecule has 7 nitrogen and oxygen atoms in total. The van der Waals surface area contributed by atoms with E-state index in [1.54, 1.807) is 24.3 Å². The molecule has 2 aromatic carbocycles. The maximum absolute atomic E-state index is 12.5. The van der Waals surface area contributed by atoms with E-state index in [1.165, 1.54) is 0 Å². The fraction of sp³-hybridized carbons (Fsp3) is 0.143. The number of aromatic nitrogens is 1. The van der Waals surface area contributed by atoms with Gasteiger partial charge in [0, 0.05) is 10.9 Å². The van der Waals surface area contributed by atoms with Crippen LogP contribution in [0, 0.1) is 13.8 Å². The van der Waals surface area contributed by atoms with E-state index in [-0.39, 0.29) is 17.0 Å². The molecule has 0 spiro atoms. The Labute approximate surface area is 169 Å². The van der Waals surface area contributed by atoms with Gasteiger partial charge in [-0.1, -0.05) is 41.7 Å². The minimum absolute atomic E-state index is 0.119. The summed E-state index contributed by atoms with van der Waals surface area (Å²) in [6.07, 6.45) is 0. The minimum Gasteiger partial charge on any atom is -0.493 e. The average Bonchev–Trinajstić information content (AvgIpc) is 3.14. The number of hydrogen-bond acceptors (Lipinski definition) is 5. The number of nitrogens with one attached hydrogen (secondary N) is 1. The van der Waals surface area contributed by atoms with Crippen molar-refractivity contribution in [2.45, 2.75) is 20.4 Å². The molecule has 0 aliphatic carbocycles. The van der Waals surface area contributed by atoms with Crippen LogP contribution < -0.4 is 20.8 Å². The van der Waals surface area contributed by atoms with Gasteiger partial charge in [0.05, 0.1) is 10.9 Å². The van der Waals surface area contributed by atoms with Crippen LogP contribution in [0.4, 0.5) is 5.69 Å². The highest BCUT2D eigenvalue weighted by atomic mass is 32.1. The normalized spacial score (nSPS) is 12.6. The van der Waals surface area contributed by atoms with Gasteiger partial charge in [0.2, 0.25) is 11.8 Å². The topological polar surface area (TPSA) is 101 Å². The Morgan fingerprint density at radius 3 is 2.72 bits per heavy atom. The molecule has 1 aliphatic heterocycles. The van der Waals surface area contributed by atoms with Gasteiger partial charge in [-0.2, -0.15) is 0 Å². The van der Waals surface area contributed by atoms with Crippen LogP contribution in [-0.4, -0.2) is 21.5 Å². The van der Waals surface area contributed by atoms with E-state index >= 15 is 0 Å². The molecule has 0 unspecified atom stereocenters. The van der Waals surface area contributed by atoms with Crippen LogP contribution in [0.3, 0.4) is 0 Å². The molecule has 4 rings (SSSR count). The van der Waals surface area contributed by atoms with E-state index in [1.807, 2.05) is 32.0 Å². The maximum atomic E-state index is 12.5. The molecule has 8 heteroatoms. The molecule has 0 fully saturated rings. The molecule has 0 atom stereocenters. The zero-order valence-corrected chi connectivity index (χ0v) is 16.5. The Morgan fingerprint density at radius 1 is 1.17 bits per heavy atom. The molecule has 2 heterocycles. The van der Waals surface area contributed by atoms with Crippen LogP contribution in [0.1, 0.15) is 16.0 Å². The second-order valence-corrected chi connectivity index (χ2v) is 7.74. The van der Waals surface area contributed by atoms with E-state index in [2.05, 4.69) is 10.3 Å². The van der Waals surface area contributed by atoms with Gasteiger partial charge in [-0.05, 0) is 37.1 Å². The molecular formula is C21H17N3O4S. The first-order valence-corrected chi connectivity index (χ1v) is 9.69. The van der Waals surface area contributed by atoms with Crippen molar-refractivity contribution < 1.29 is 14.7 Å². The number of amides is 2. The van der Waals surface area contributed by atoms with Crippen LogP contribution in [0.25, 0.3) is 5.57 Å². The molecule has 1 aromatic heterocycles. The summed E-state index contributed by atoms with van der Waals surface area (Å²) in [6.45, 7) is 3.41. The summed E-state index contributed by atoms with van der Waals surface area (Å²) in [4.78, 5) is 40.8. The van der Waals surface area contributed by atoms with Crippen LogP contribution >= 0.6 is 11.3 Å². The standard InChI is InChI=1S/C21H17N3O4S/c1-11-7-8-12(2)15(9-11)22-16(25)10-24-20(27)18(29-21(24)28)17-13-5-3-4-6-14(13)23-19(17)26/h3-9,27H,10H2,1-2H3,(H,22,25). The summed E-state index contributed by atoms with van der Waals surface area (Å²) in [5, 5.41) is 14.4. The number of nitrogens with zero attached hydrogens (tertiary/aromatic N) is 2. The lowest BCUT2D eigenvalue weighted by molar-refractivity contribution is -0.117. The van der Waals surface area contributed by atoms with Crippen molar-refractivity contribution in [1.29, 1.82) is 0 Å². The van der Waals surface area contributed by atoms with Gasteiger partial charge in [-0.15, -0.1) is 0 Å². The second-order valence-electron chi connectivity index (χ2n) is 6.78. The van der Waals surface area contributed by atoms with E-state index in [4.69, 9.17) is 0 Å². The van der Waals surface area contributed by atoms with Crippen molar-refractivity contribution in [3.63, 3.8) is 0 Å². The number of aromatic hydroxyl groups is 1. The first-order valence-electron chi connectivity index (χ1n) is 8.87. The Kier molecular flexibility index (Phi) is 4.63. The first kappa shape index (κ1) is 18.8. The van der Waals surface area contributed by atoms with Crippen molar-refractivity contribution >= 4 is 34.4 Å². The van der Waals surface area contributed by atoms with Gasteiger partial charge in [-0.25, -0.2) is 4.99 Å². The number of anilines is 1. The molecule has 0 saturated carbocycles. The summed E-state index contributed by atoms with van der Waals surface area (Å²) in [7, 11) is 0. The smallest absolute Gasteiger partial charge is 0.311 e. The van der Waals surface area contributed by atoms with Crippen LogP contribution in [0.5, 0.6) is 5.88 Å². The lowest BCUT2D eigenvalue weighted by Gasteiger charge is -2.10. The highest BCUT2D eigenvalue weighted by Gasteiger charge is 2.26. The average molecular weight is 407 g/mol. The Morgan fingerprint density at radius 2 is 1.93 bits per heavy atom. The van der Waals surface area contributed by atoms with Crippen LogP contribution in [-0.2, 0) is 16.1 Å². The fourth-order valence-electron chi connectivity index (χ4n) is 3.19. The first-order chi connectivity index (χ1) is 13.8. The molecule has 29 heavy (non-hydrogen) atoms. The number of thiazole rings is 1. The predicted molar refractivity (Wildman–Crippen MR) is 110 cm³/mol. The number of carbonyl (C=O) groups excluding carboxylic acids is 2. The fourth-order valence-corrected chi connectivity index (χ4v) is 4.12. The molecule has 2 amide bonds. The summed E-state index contributed by atoms with van der Waals surface area (Å²) < 4.78 is 0.960. The third-order valence-corrected chi connectivity index (χ3v) is 5.66. The molecule has 1 aliphatic rings. The Bertz CT molecular complexity index is 1350. The number of carbonyl (C=O) groups is 2. The van der Waals surface area contributed by atoms with E-state index in [9.17, 15) is 19.5 Å². The largest absolute Gasteiger partial charge is 0.493 e. The monoisotopic (exact) mass is 407 g/mol. The highest BCUT2D eigenvalue weighted by molar-refractivity contribution is 7.11. The number of aryl methyl sites for hydroxylation is 2. The third-order valence-electron chi connectivity index (χ3n) is 4.67. The molecule has 0 saturated heterocycles. The van der Waals surface area contributed by atoms with Gasteiger partial charge in [0.15, 0.2) is 0 Å². The van der Waals surface area contributed by atoms with Gasteiger partial charge in [0.25, 0.3) is 5.91 Å². The summed E-state index contributed by atoms with van der Waals surface area (Å²) >= 11 is 0.719. The lowest BCUT2D eigenvalue weighted by atomic mass is 10.1. The van der Waals surface area contributed by atoms with Gasteiger partial charge in [-0.3, -0.25) is 19.0 Å². The van der Waals surface area contributed by atoms with Gasteiger partial charge < -0.3 is 10.4 Å². The summed E-state index contributed by atoms with van der Waals surface area (Å²) in [5.74, 6) is -1.38. The Hall–Kier alpha value is -3.52. The van der Waals surface area contributed by atoms with E-state index in [0.29, 0.717) is 16.3 Å². The predicted octanol–water partition coefficient (Wildman–Crippen LogP) is 1.23. The molecular weight excluding hydrogens is 390 g/mol. The molecule has 2 N–H and O–H groups in total. The van der Waals surface area contributed by atoms with Crippen LogP contribution in [0.15, 0.2) is 52.3 Å². The second kappa shape index (κ2) is 7.14. The minimum atomic E-state index is -0.529. The maximum Gasteiger partial charge on any atom is 0.311 e. The lowest BCUT2D eigenvalue weighted by Crippen LogP contribution is -2.24. The molecule has 3 aromatic rings. The zero-order valence-electron chi connectivity index (χ0n) is 15.7.